The van der Waals surface area contributed by atoms with Crippen LogP contribution in [-0.4, -0.2) is 6.61 Å². The fraction of sp³-hybridized carbons (Fsp3) is 0.250. The number of anilines is 1. The first-order chi connectivity index (χ1) is 9.72. The highest BCUT2D eigenvalue weighted by atomic mass is 19.1. The molecule has 2 nitrogen and oxygen atoms in total. The van der Waals surface area contributed by atoms with Crippen LogP contribution < -0.4 is 10.1 Å². The summed E-state index contributed by atoms with van der Waals surface area (Å²) in [6, 6.07) is 11.2. The lowest BCUT2D eigenvalue weighted by molar-refractivity contribution is 0.319. The molecule has 0 spiro atoms. The SMILES string of the molecule is CCCOc1ccccc1NCc1c(F)cccc1F. The minimum absolute atomic E-state index is 0.0257. The molecular formula is C16H17F2NO. The molecule has 0 unspecified atom stereocenters. The van der Waals surface area contributed by atoms with Gasteiger partial charge < -0.3 is 10.1 Å². The van der Waals surface area contributed by atoms with Gasteiger partial charge in [-0.15, -0.1) is 0 Å². The lowest BCUT2D eigenvalue weighted by Gasteiger charge is -2.13. The van der Waals surface area contributed by atoms with Crippen LogP contribution in [0.1, 0.15) is 18.9 Å². The number of benzene rings is 2. The van der Waals surface area contributed by atoms with Crippen LogP contribution in [0.4, 0.5) is 14.5 Å². The van der Waals surface area contributed by atoms with E-state index in [1.165, 1.54) is 18.2 Å². The zero-order valence-corrected chi connectivity index (χ0v) is 11.3. The Morgan fingerprint density at radius 2 is 1.70 bits per heavy atom. The molecular weight excluding hydrogens is 260 g/mol. The van der Waals surface area contributed by atoms with Crippen molar-refractivity contribution in [3.8, 4) is 5.75 Å². The van der Waals surface area contributed by atoms with E-state index in [0.717, 1.165) is 12.1 Å². The van der Waals surface area contributed by atoms with Crippen LogP contribution >= 0.6 is 0 Å². The lowest BCUT2D eigenvalue weighted by Crippen LogP contribution is -2.06. The Morgan fingerprint density at radius 1 is 1.00 bits per heavy atom. The number of nitrogens with one attached hydrogen (secondary N) is 1. The molecule has 0 aliphatic rings. The van der Waals surface area contributed by atoms with Crippen molar-refractivity contribution in [2.24, 2.45) is 0 Å². The van der Waals surface area contributed by atoms with Crippen LogP contribution in [0.5, 0.6) is 5.75 Å². The minimum Gasteiger partial charge on any atom is -0.491 e. The van der Waals surface area contributed by atoms with Crippen molar-refractivity contribution in [2.75, 3.05) is 11.9 Å². The monoisotopic (exact) mass is 277 g/mol. The third kappa shape index (κ3) is 3.47. The van der Waals surface area contributed by atoms with Gasteiger partial charge in [-0.1, -0.05) is 25.1 Å². The molecule has 106 valence electrons. The zero-order chi connectivity index (χ0) is 14.4. The van der Waals surface area contributed by atoms with Gasteiger partial charge in [-0.25, -0.2) is 8.78 Å². The van der Waals surface area contributed by atoms with Crippen LogP contribution in [0, 0.1) is 11.6 Å². The molecule has 0 aliphatic heterocycles. The topological polar surface area (TPSA) is 21.3 Å². The van der Waals surface area contributed by atoms with E-state index < -0.39 is 11.6 Å². The van der Waals surface area contributed by atoms with E-state index in [-0.39, 0.29) is 12.1 Å². The van der Waals surface area contributed by atoms with E-state index in [1.807, 2.05) is 31.2 Å². The van der Waals surface area contributed by atoms with Gasteiger partial charge in [0.1, 0.15) is 17.4 Å². The molecule has 1 N–H and O–H groups in total. The van der Waals surface area contributed by atoms with Gasteiger partial charge in [-0.05, 0) is 30.7 Å². The van der Waals surface area contributed by atoms with E-state index in [1.54, 1.807) is 0 Å². The van der Waals surface area contributed by atoms with Crippen molar-refractivity contribution >= 4 is 5.69 Å². The first-order valence-electron chi connectivity index (χ1n) is 6.61. The quantitative estimate of drug-likeness (QED) is 0.846. The first-order valence-corrected chi connectivity index (χ1v) is 6.61. The van der Waals surface area contributed by atoms with Crippen molar-refractivity contribution in [1.29, 1.82) is 0 Å². The van der Waals surface area contributed by atoms with Crippen LogP contribution in [0.25, 0.3) is 0 Å². The molecule has 0 aromatic heterocycles. The normalized spacial score (nSPS) is 10.3. The molecule has 2 aromatic carbocycles. The Bertz CT molecular complexity index is 552. The van der Waals surface area contributed by atoms with E-state index in [4.69, 9.17) is 4.74 Å². The fourth-order valence-electron chi connectivity index (χ4n) is 1.84. The number of hydrogen-bond acceptors (Lipinski definition) is 2. The van der Waals surface area contributed by atoms with Crippen LogP contribution in [0.15, 0.2) is 42.5 Å². The van der Waals surface area contributed by atoms with Gasteiger partial charge in [0.25, 0.3) is 0 Å². The van der Waals surface area contributed by atoms with Crippen LogP contribution in [0.3, 0.4) is 0 Å². The number of hydrogen-bond donors (Lipinski definition) is 1. The van der Waals surface area contributed by atoms with Gasteiger partial charge in [-0.2, -0.15) is 0 Å². The van der Waals surface area contributed by atoms with Gasteiger partial charge in [0.15, 0.2) is 0 Å². The van der Waals surface area contributed by atoms with E-state index in [0.29, 0.717) is 12.4 Å². The Hall–Kier alpha value is -2.10. The van der Waals surface area contributed by atoms with Crippen LogP contribution in [0.2, 0.25) is 0 Å². The maximum Gasteiger partial charge on any atom is 0.142 e. The van der Waals surface area contributed by atoms with Gasteiger partial charge in [0.05, 0.1) is 12.3 Å². The summed E-state index contributed by atoms with van der Waals surface area (Å²) < 4.78 is 32.7. The molecule has 0 saturated heterocycles. The number of rotatable bonds is 6. The second-order valence-electron chi connectivity index (χ2n) is 4.40. The van der Waals surface area contributed by atoms with Gasteiger partial charge in [0, 0.05) is 12.1 Å². The number of ether oxygens (including phenoxy) is 1. The van der Waals surface area contributed by atoms with E-state index >= 15 is 0 Å². The Labute approximate surface area is 117 Å². The summed E-state index contributed by atoms with van der Waals surface area (Å²) in [6.07, 6.45) is 0.899. The Balaban J connectivity index is 2.11. The molecule has 20 heavy (non-hydrogen) atoms. The summed E-state index contributed by atoms with van der Waals surface area (Å²) in [7, 11) is 0. The first kappa shape index (κ1) is 14.3. The maximum atomic E-state index is 13.5. The number of halogens is 2. The molecule has 0 radical (unpaired) electrons. The largest absolute Gasteiger partial charge is 0.491 e. The standard InChI is InChI=1S/C16H17F2NO/c1-2-10-20-16-9-4-3-8-15(16)19-11-12-13(17)6-5-7-14(12)18/h3-9,19H,2,10-11H2,1H3. The highest BCUT2D eigenvalue weighted by Crippen LogP contribution is 2.25. The third-order valence-corrected chi connectivity index (χ3v) is 2.87. The number of para-hydroxylation sites is 2. The smallest absolute Gasteiger partial charge is 0.142 e. The summed E-state index contributed by atoms with van der Waals surface area (Å²) in [5.74, 6) is -0.417. The van der Waals surface area contributed by atoms with E-state index in [9.17, 15) is 8.78 Å². The fourth-order valence-corrected chi connectivity index (χ4v) is 1.84. The Kier molecular flexibility index (Phi) is 4.93. The molecule has 0 saturated carbocycles. The molecule has 2 rings (SSSR count). The summed E-state index contributed by atoms with van der Waals surface area (Å²) in [5, 5.41) is 3.02. The second kappa shape index (κ2) is 6.89. The third-order valence-electron chi connectivity index (χ3n) is 2.87. The predicted molar refractivity (Wildman–Crippen MR) is 75.9 cm³/mol. The summed E-state index contributed by atoms with van der Waals surface area (Å²) >= 11 is 0. The molecule has 0 heterocycles. The lowest BCUT2D eigenvalue weighted by atomic mass is 10.2. The van der Waals surface area contributed by atoms with Crippen molar-refractivity contribution in [3.05, 3.63) is 59.7 Å². The summed E-state index contributed by atoms with van der Waals surface area (Å²) in [6.45, 7) is 2.70. The molecule has 2 aromatic rings. The molecule has 0 amide bonds. The van der Waals surface area contributed by atoms with E-state index in [2.05, 4.69) is 5.32 Å². The average Bonchev–Trinajstić information content (AvgIpc) is 2.45. The zero-order valence-electron chi connectivity index (χ0n) is 11.3. The highest BCUT2D eigenvalue weighted by molar-refractivity contribution is 5.56. The Morgan fingerprint density at radius 3 is 2.40 bits per heavy atom. The molecule has 0 fully saturated rings. The van der Waals surface area contributed by atoms with Crippen molar-refractivity contribution in [1.82, 2.24) is 0 Å². The predicted octanol–water partition coefficient (Wildman–Crippen LogP) is 4.37. The van der Waals surface area contributed by atoms with Crippen molar-refractivity contribution < 1.29 is 13.5 Å². The molecule has 0 atom stereocenters. The van der Waals surface area contributed by atoms with Gasteiger partial charge in [0.2, 0.25) is 0 Å². The van der Waals surface area contributed by atoms with Gasteiger partial charge in [-0.3, -0.25) is 0 Å². The molecule has 0 bridgehead atoms. The minimum atomic E-state index is -0.551. The highest BCUT2D eigenvalue weighted by Gasteiger charge is 2.09. The van der Waals surface area contributed by atoms with Gasteiger partial charge >= 0.3 is 0 Å². The molecule has 0 aliphatic carbocycles. The second-order valence-corrected chi connectivity index (χ2v) is 4.40. The maximum absolute atomic E-state index is 13.5. The van der Waals surface area contributed by atoms with Crippen molar-refractivity contribution in [2.45, 2.75) is 19.9 Å². The summed E-state index contributed by atoms with van der Waals surface area (Å²) in [5.41, 5.74) is 0.751. The summed E-state index contributed by atoms with van der Waals surface area (Å²) in [4.78, 5) is 0. The average molecular weight is 277 g/mol. The van der Waals surface area contributed by atoms with Crippen LogP contribution in [-0.2, 0) is 6.54 Å². The molecule has 4 heteroatoms. The van der Waals surface area contributed by atoms with Crippen molar-refractivity contribution in [3.63, 3.8) is 0 Å².